The van der Waals surface area contributed by atoms with Gasteiger partial charge in [-0.25, -0.2) is 13.1 Å². The fourth-order valence-electron chi connectivity index (χ4n) is 5.24. The van der Waals surface area contributed by atoms with Crippen LogP contribution in [0.5, 0.6) is 0 Å². The lowest BCUT2D eigenvalue weighted by Gasteiger charge is -2.35. The molecule has 0 radical (unpaired) electrons. The van der Waals surface area contributed by atoms with Gasteiger partial charge in [0.15, 0.2) is 0 Å². The number of fused-ring (bicyclic) bond motifs is 1. The highest BCUT2D eigenvalue weighted by molar-refractivity contribution is 7.88. The number of amidine groups is 1. The summed E-state index contributed by atoms with van der Waals surface area (Å²) in [5.74, 6) is -1.03. The van der Waals surface area contributed by atoms with Gasteiger partial charge >= 0.3 is 0 Å². The van der Waals surface area contributed by atoms with Gasteiger partial charge in [-0.2, -0.15) is 0 Å². The number of nitrogens with two attached hydrogens (primary N) is 1. The maximum absolute atomic E-state index is 13.3. The van der Waals surface area contributed by atoms with Gasteiger partial charge in [0, 0.05) is 18.2 Å². The SMILES string of the molecule is Cl.N=C(N)c1ccc(CNC(=O)[C@@H]2C[C@@H]3CC[C@@H](O)C[C@@H]3N2C(=O)CNS(=O)(=O)Cc2ccccc2)cc1. The van der Waals surface area contributed by atoms with E-state index in [4.69, 9.17) is 11.1 Å². The largest absolute Gasteiger partial charge is 0.393 e. The number of aliphatic hydroxyl groups is 1. The van der Waals surface area contributed by atoms with Crippen LogP contribution in [0.15, 0.2) is 54.6 Å². The monoisotopic (exact) mass is 563 g/mol. The van der Waals surface area contributed by atoms with Crippen LogP contribution < -0.4 is 15.8 Å². The highest BCUT2D eigenvalue weighted by Gasteiger charge is 2.48. The van der Waals surface area contributed by atoms with E-state index >= 15 is 0 Å². The smallest absolute Gasteiger partial charge is 0.243 e. The van der Waals surface area contributed by atoms with Gasteiger partial charge in [0.25, 0.3) is 0 Å². The number of halogens is 1. The summed E-state index contributed by atoms with van der Waals surface area (Å²) in [4.78, 5) is 28.0. The van der Waals surface area contributed by atoms with Crippen LogP contribution in [-0.2, 0) is 31.9 Å². The van der Waals surface area contributed by atoms with Crippen molar-refractivity contribution in [2.24, 2.45) is 11.7 Å². The lowest BCUT2D eigenvalue weighted by molar-refractivity contribution is -0.140. The average molecular weight is 564 g/mol. The molecule has 4 rings (SSSR count). The summed E-state index contributed by atoms with van der Waals surface area (Å²) in [6.07, 6.45) is 1.58. The molecule has 0 aromatic heterocycles. The third kappa shape index (κ3) is 7.31. The highest BCUT2D eigenvalue weighted by atomic mass is 35.5. The van der Waals surface area contributed by atoms with Crippen LogP contribution in [-0.4, -0.2) is 60.8 Å². The quantitative estimate of drug-likeness (QED) is 0.227. The summed E-state index contributed by atoms with van der Waals surface area (Å²) in [6.45, 7) is -0.220. The molecule has 2 aliphatic rings. The number of rotatable bonds is 9. The second kappa shape index (κ2) is 12.7. The number of carbonyl (C=O) groups is 2. The van der Waals surface area contributed by atoms with Crippen LogP contribution in [0.4, 0.5) is 0 Å². The van der Waals surface area contributed by atoms with Crippen LogP contribution in [0.3, 0.4) is 0 Å². The zero-order valence-corrected chi connectivity index (χ0v) is 22.5. The van der Waals surface area contributed by atoms with Gasteiger partial charge in [0.05, 0.1) is 18.4 Å². The van der Waals surface area contributed by atoms with Crippen molar-refractivity contribution < 1.29 is 23.1 Å². The molecule has 1 heterocycles. The standard InChI is InChI=1S/C26H33N5O5S.ClH/c27-25(28)19-8-6-17(7-9-19)14-29-26(34)23-12-20-10-11-21(32)13-22(20)31(23)24(33)15-30-37(35,36)16-18-4-2-1-3-5-18;/h1-9,20-23,30,32H,10-16H2,(H3,27,28)(H,29,34);1H/t20-,21+,22-,23-;/m0./s1. The van der Waals surface area contributed by atoms with E-state index in [1.54, 1.807) is 54.6 Å². The van der Waals surface area contributed by atoms with Gasteiger partial charge in [-0.15, -0.1) is 12.4 Å². The summed E-state index contributed by atoms with van der Waals surface area (Å²) in [6, 6.07) is 14.6. The number of hydrogen-bond donors (Lipinski definition) is 5. The first kappa shape index (κ1) is 29.6. The zero-order chi connectivity index (χ0) is 26.6. The van der Waals surface area contributed by atoms with Gasteiger partial charge in [-0.3, -0.25) is 15.0 Å². The van der Waals surface area contributed by atoms with E-state index in [9.17, 15) is 23.1 Å². The third-order valence-corrected chi connectivity index (χ3v) is 8.41. The first-order chi connectivity index (χ1) is 17.6. The number of carbonyl (C=O) groups excluding carboxylic acids is 2. The summed E-state index contributed by atoms with van der Waals surface area (Å²) >= 11 is 0. The Morgan fingerprint density at radius 2 is 1.71 bits per heavy atom. The molecule has 4 atom stereocenters. The minimum atomic E-state index is -3.76. The molecular weight excluding hydrogens is 530 g/mol. The second-order valence-electron chi connectivity index (χ2n) is 9.74. The van der Waals surface area contributed by atoms with E-state index in [2.05, 4.69) is 10.0 Å². The van der Waals surface area contributed by atoms with E-state index in [0.717, 1.165) is 5.56 Å². The molecule has 38 heavy (non-hydrogen) atoms. The molecule has 2 amide bonds. The predicted octanol–water partition coefficient (Wildman–Crippen LogP) is 1.26. The van der Waals surface area contributed by atoms with Crippen LogP contribution in [0.1, 0.15) is 42.4 Å². The van der Waals surface area contributed by atoms with E-state index in [1.165, 1.54) is 4.90 Å². The van der Waals surface area contributed by atoms with Gasteiger partial charge in [0.2, 0.25) is 21.8 Å². The van der Waals surface area contributed by atoms with E-state index in [0.29, 0.717) is 36.8 Å². The topological polar surface area (TPSA) is 166 Å². The summed E-state index contributed by atoms with van der Waals surface area (Å²) in [5.41, 5.74) is 7.49. The Balaban J connectivity index is 0.00000400. The van der Waals surface area contributed by atoms with Crippen molar-refractivity contribution >= 4 is 40.1 Å². The lowest BCUT2D eigenvalue weighted by Crippen LogP contribution is -2.53. The van der Waals surface area contributed by atoms with E-state index in [1.807, 2.05) is 0 Å². The van der Waals surface area contributed by atoms with Gasteiger partial charge in [0.1, 0.15) is 11.9 Å². The number of amides is 2. The molecule has 12 heteroatoms. The van der Waals surface area contributed by atoms with Crippen LogP contribution in [0.25, 0.3) is 0 Å². The van der Waals surface area contributed by atoms with E-state index in [-0.39, 0.29) is 48.4 Å². The Bertz CT molecular complexity index is 1240. The van der Waals surface area contributed by atoms with Crippen molar-refractivity contribution in [3.63, 3.8) is 0 Å². The fourth-order valence-corrected chi connectivity index (χ4v) is 6.32. The summed E-state index contributed by atoms with van der Waals surface area (Å²) in [7, 11) is -3.76. The normalized spacial score (nSPS) is 22.7. The zero-order valence-electron chi connectivity index (χ0n) is 20.9. The van der Waals surface area contributed by atoms with Crippen molar-refractivity contribution in [2.45, 2.75) is 56.2 Å². The Morgan fingerprint density at radius 3 is 2.37 bits per heavy atom. The van der Waals surface area contributed by atoms with Crippen molar-refractivity contribution in [2.75, 3.05) is 6.54 Å². The van der Waals surface area contributed by atoms with Gasteiger partial charge in [-0.05, 0) is 42.7 Å². The number of nitrogens with one attached hydrogen (secondary N) is 3. The Morgan fingerprint density at radius 1 is 1.03 bits per heavy atom. The molecule has 0 spiro atoms. The van der Waals surface area contributed by atoms with Crippen molar-refractivity contribution in [1.82, 2.24) is 14.9 Å². The first-order valence-electron chi connectivity index (χ1n) is 12.3. The van der Waals surface area contributed by atoms with Crippen molar-refractivity contribution in [3.05, 3.63) is 71.3 Å². The lowest BCUT2D eigenvalue weighted by atomic mass is 9.83. The number of nitrogens with zero attached hydrogens (tertiary/aromatic N) is 1. The van der Waals surface area contributed by atoms with Crippen LogP contribution in [0, 0.1) is 11.3 Å². The van der Waals surface area contributed by atoms with Gasteiger partial charge < -0.3 is 21.1 Å². The summed E-state index contributed by atoms with van der Waals surface area (Å²) in [5, 5.41) is 20.6. The minimum absolute atomic E-state index is 0. The number of sulfonamides is 1. The Hall–Kier alpha value is -2.99. The molecule has 206 valence electrons. The number of benzene rings is 2. The number of hydrogen-bond acceptors (Lipinski definition) is 6. The molecule has 2 aromatic carbocycles. The molecule has 1 aliphatic heterocycles. The molecule has 10 nitrogen and oxygen atoms in total. The van der Waals surface area contributed by atoms with Crippen molar-refractivity contribution in [1.29, 1.82) is 5.41 Å². The van der Waals surface area contributed by atoms with E-state index < -0.39 is 34.6 Å². The van der Waals surface area contributed by atoms with Crippen LogP contribution in [0.2, 0.25) is 0 Å². The molecular formula is C26H34ClN5O5S. The molecule has 1 aliphatic carbocycles. The third-order valence-electron chi connectivity index (χ3n) is 7.11. The van der Waals surface area contributed by atoms with Gasteiger partial charge in [-0.1, -0.05) is 54.6 Å². The molecule has 0 unspecified atom stereocenters. The maximum atomic E-state index is 13.3. The number of nitrogen functional groups attached to an aromatic ring is 1. The Labute approximate surface area is 229 Å². The predicted molar refractivity (Wildman–Crippen MR) is 146 cm³/mol. The highest BCUT2D eigenvalue weighted by Crippen LogP contribution is 2.40. The van der Waals surface area contributed by atoms with Crippen molar-refractivity contribution in [3.8, 4) is 0 Å². The number of aliphatic hydroxyl groups excluding tert-OH is 1. The molecule has 1 saturated carbocycles. The summed E-state index contributed by atoms with van der Waals surface area (Å²) < 4.78 is 27.5. The minimum Gasteiger partial charge on any atom is -0.393 e. The Kier molecular flexibility index (Phi) is 9.88. The molecule has 0 bridgehead atoms. The molecule has 6 N–H and O–H groups in total. The van der Waals surface area contributed by atoms with Crippen LogP contribution >= 0.6 is 12.4 Å². The molecule has 2 fully saturated rings. The average Bonchev–Trinajstić information content (AvgIpc) is 3.25. The molecule has 1 saturated heterocycles. The number of likely N-dealkylation sites (tertiary alicyclic amines) is 1. The molecule has 2 aromatic rings. The maximum Gasteiger partial charge on any atom is 0.243 e. The fraction of sp³-hybridized carbons (Fsp3) is 0.423. The second-order valence-corrected chi connectivity index (χ2v) is 11.5. The first-order valence-corrected chi connectivity index (χ1v) is 14.0.